The van der Waals surface area contributed by atoms with Gasteiger partial charge in [-0.15, -0.1) is 0 Å². The average molecular weight is 277 g/mol. The van der Waals surface area contributed by atoms with Gasteiger partial charge in [0.25, 0.3) is 0 Å². The fraction of sp³-hybridized carbons (Fsp3) is 0.182. The molecule has 0 saturated carbocycles. The zero-order valence-corrected chi connectivity index (χ0v) is 10.5. The van der Waals surface area contributed by atoms with Gasteiger partial charge in [0.05, 0.1) is 5.02 Å². The number of aliphatic carboxylic acids is 1. The molecular weight excluding hydrogens is 267 g/mol. The zero-order valence-electron chi connectivity index (χ0n) is 8.94. The van der Waals surface area contributed by atoms with Crippen LogP contribution in [-0.2, 0) is 9.53 Å². The van der Waals surface area contributed by atoms with Crippen LogP contribution in [0.15, 0.2) is 18.2 Å². The second-order valence-electron chi connectivity index (χ2n) is 3.03. The predicted molar refractivity (Wildman–Crippen MR) is 65.6 cm³/mol. The predicted octanol–water partition coefficient (Wildman–Crippen LogP) is 3.07. The summed E-state index contributed by atoms with van der Waals surface area (Å²) in [5, 5.41) is 9.25. The van der Waals surface area contributed by atoms with Crippen molar-refractivity contribution in [2.45, 2.75) is 0 Å². The third-order valence-corrected chi connectivity index (χ3v) is 2.26. The Hall–Kier alpha value is -1.23. The van der Waals surface area contributed by atoms with E-state index in [2.05, 4.69) is 0 Å². The molecule has 1 N–H and O–H groups in total. The maximum atomic E-state index is 10.4. The fourth-order valence-corrected chi connectivity index (χ4v) is 1.70. The zero-order chi connectivity index (χ0) is 12.8. The molecule has 1 aromatic carbocycles. The van der Waals surface area contributed by atoms with E-state index in [-0.39, 0.29) is 6.79 Å². The molecule has 92 valence electrons. The van der Waals surface area contributed by atoms with Gasteiger partial charge in [-0.05, 0) is 18.2 Å². The van der Waals surface area contributed by atoms with E-state index in [0.717, 1.165) is 6.08 Å². The van der Waals surface area contributed by atoms with Crippen LogP contribution >= 0.6 is 23.2 Å². The van der Waals surface area contributed by atoms with E-state index in [4.69, 9.17) is 37.8 Å². The molecule has 0 aliphatic carbocycles. The van der Waals surface area contributed by atoms with Crippen LogP contribution in [0.3, 0.4) is 0 Å². The summed E-state index contributed by atoms with van der Waals surface area (Å²) in [5.41, 5.74) is 0.474. The highest BCUT2D eigenvalue weighted by Crippen LogP contribution is 2.33. The molecule has 1 aromatic rings. The Morgan fingerprint density at radius 2 is 2.18 bits per heavy atom. The summed E-state index contributed by atoms with van der Waals surface area (Å²) in [6.45, 7) is 0.00919. The molecule has 0 unspecified atom stereocenters. The topological polar surface area (TPSA) is 55.8 Å². The van der Waals surface area contributed by atoms with Crippen LogP contribution in [0.25, 0.3) is 6.08 Å². The first-order valence-corrected chi connectivity index (χ1v) is 5.32. The van der Waals surface area contributed by atoms with Crippen molar-refractivity contribution >= 4 is 35.2 Å². The maximum Gasteiger partial charge on any atom is 0.328 e. The number of halogens is 2. The van der Waals surface area contributed by atoms with Crippen molar-refractivity contribution in [3.05, 3.63) is 33.8 Å². The molecule has 0 fully saturated rings. The molecule has 6 heteroatoms. The lowest BCUT2D eigenvalue weighted by Gasteiger charge is -2.10. The van der Waals surface area contributed by atoms with Crippen LogP contribution < -0.4 is 4.74 Å². The molecule has 0 heterocycles. The number of hydrogen-bond donors (Lipinski definition) is 1. The SMILES string of the molecule is COCOc1c(Cl)cc(Cl)cc1C=CC(=O)O. The van der Waals surface area contributed by atoms with Crippen molar-refractivity contribution < 1.29 is 19.4 Å². The van der Waals surface area contributed by atoms with Gasteiger partial charge in [0.1, 0.15) is 5.75 Å². The number of rotatable bonds is 5. The van der Waals surface area contributed by atoms with Gasteiger partial charge in [0.2, 0.25) is 0 Å². The summed E-state index contributed by atoms with van der Waals surface area (Å²) in [7, 11) is 1.47. The first kappa shape index (κ1) is 13.8. The monoisotopic (exact) mass is 276 g/mol. The molecule has 0 atom stereocenters. The third kappa shape index (κ3) is 4.26. The first-order valence-electron chi connectivity index (χ1n) is 4.56. The normalized spacial score (nSPS) is 10.8. The molecule has 0 radical (unpaired) electrons. The van der Waals surface area contributed by atoms with E-state index in [1.165, 1.54) is 19.3 Å². The largest absolute Gasteiger partial charge is 0.478 e. The number of carbonyl (C=O) groups is 1. The van der Waals surface area contributed by atoms with Crippen molar-refractivity contribution in [1.82, 2.24) is 0 Å². The molecule has 0 aliphatic heterocycles. The van der Waals surface area contributed by atoms with Crippen molar-refractivity contribution in [3.63, 3.8) is 0 Å². The van der Waals surface area contributed by atoms with Gasteiger partial charge in [0.15, 0.2) is 6.79 Å². The molecule has 0 aliphatic rings. The number of ether oxygens (including phenoxy) is 2. The van der Waals surface area contributed by atoms with Crippen molar-refractivity contribution in [2.75, 3.05) is 13.9 Å². The van der Waals surface area contributed by atoms with Gasteiger partial charge in [-0.2, -0.15) is 0 Å². The molecule has 0 aromatic heterocycles. The Bertz CT molecular complexity index is 443. The third-order valence-electron chi connectivity index (χ3n) is 1.76. The second-order valence-corrected chi connectivity index (χ2v) is 3.87. The molecule has 0 saturated heterocycles. The van der Waals surface area contributed by atoms with Crippen LogP contribution in [0.2, 0.25) is 10.0 Å². The maximum absolute atomic E-state index is 10.4. The molecule has 17 heavy (non-hydrogen) atoms. The van der Waals surface area contributed by atoms with E-state index < -0.39 is 5.97 Å². The summed E-state index contributed by atoms with van der Waals surface area (Å²) in [6, 6.07) is 3.06. The summed E-state index contributed by atoms with van der Waals surface area (Å²) >= 11 is 11.8. The highest BCUT2D eigenvalue weighted by atomic mass is 35.5. The van der Waals surface area contributed by atoms with Gasteiger partial charge < -0.3 is 14.6 Å². The number of carboxylic acid groups (broad SMARTS) is 1. The van der Waals surface area contributed by atoms with Gasteiger partial charge in [-0.1, -0.05) is 23.2 Å². The van der Waals surface area contributed by atoms with Gasteiger partial charge in [0, 0.05) is 23.8 Å². The highest BCUT2D eigenvalue weighted by molar-refractivity contribution is 6.35. The number of benzene rings is 1. The van der Waals surface area contributed by atoms with Crippen molar-refractivity contribution in [3.8, 4) is 5.75 Å². The van der Waals surface area contributed by atoms with E-state index in [1.54, 1.807) is 6.07 Å². The Morgan fingerprint density at radius 1 is 1.47 bits per heavy atom. The van der Waals surface area contributed by atoms with Gasteiger partial charge in [-0.3, -0.25) is 0 Å². The lowest BCUT2D eigenvalue weighted by atomic mass is 10.2. The van der Waals surface area contributed by atoms with Crippen LogP contribution in [0.4, 0.5) is 0 Å². The summed E-state index contributed by atoms with van der Waals surface area (Å²) in [6.07, 6.45) is 2.33. The average Bonchev–Trinajstić information content (AvgIpc) is 2.24. The number of methoxy groups -OCH3 is 1. The molecule has 0 bridgehead atoms. The Morgan fingerprint density at radius 3 is 2.76 bits per heavy atom. The van der Waals surface area contributed by atoms with Gasteiger partial charge >= 0.3 is 5.97 Å². The summed E-state index contributed by atoms with van der Waals surface area (Å²) < 4.78 is 10.0. The second kappa shape index (κ2) is 6.49. The van der Waals surface area contributed by atoms with Crippen molar-refractivity contribution in [2.24, 2.45) is 0 Å². The quantitative estimate of drug-likeness (QED) is 0.663. The minimum Gasteiger partial charge on any atom is -0.478 e. The number of carboxylic acids is 1. The lowest BCUT2D eigenvalue weighted by Crippen LogP contribution is -2.01. The molecule has 4 nitrogen and oxygen atoms in total. The van der Waals surface area contributed by atoms with E-state index in [0.29, 0.717) is 21.4 Å². The van der Waals surface area contributed by atoms with Crippen molar-refractivity contribution in [1.29, 1.82) is 0 Å². The smallest absolute Gasteiger partial charge is 0.328 e. The van der Waals surface area contributed by atoms with Crippen LogP contribution in [0.1, 0.15) is 5.56 Å². The van der Waals surface area contributed by atoms with Crippen LogP contribution in [-0.4, -0.2) is 25.0 Å². The Kier molecular flexibility index (Phi) is 5.28. The lowest BCUT2D eigenvalue weighted by molar-refractivity contribution is -0.131. The van der Waals surface area contributed by atoms with E-state index in [1.807, 2.05) is 0 Å². The molecule has 0 amide bonds. The Balaban J connectivity index is 3.10. The summed E-state index contributed by atoms with van der Waals surface area (Å²) in [5.74, 6) is -0.741. The van der Waals surface area contributed by atoms with E-state index >= 15 is 0 Å². The van der Waals surface area contributed by atoms with Gasteiger partial charge in [-0.25, -0.2) is 4.79 Å². The molecular formula is C11H10Cl2O4. The standard InChI is InChI=1S/C11H10Cl2O4/c1-16-6-17-11-7(2-3-10(14)15)4-8(12)5-9(11)13/h2-5H,6H2,1H3,(H,14,15). The first-order chi connectivity index (χ1) is 8.04. The number of hydrogen-bond acceptors (Lipinski definition) is 3. The fourth-order valence-electron chi connectivity index (χ4n) is 1.14. The highest BCUT2D eigenvalue weighted by Gasteiger charge is 2.09. The van der Waals surface area contributed by atoms with E-state index in [9.17, 15) is 4.79 Å². The Labute approximate surface area is 108 Å². The summed E-state index contributed by atoms with van der Waals surface area (Å²) in [4.78, 5) is 10.4. The van der Waals surface area contributed by atoms with Crippen LogP contribution in [0.5, 0.6) is 5.75 Å². The molecule has 0 spiro atoms. The molecule has 1 rings (SSSR count). The minimum atomic E-state index is -1.07. The van der Waals surface area contributed by atoms with Crippen LogP contribution in [0, 0.1) is 0 Å². The minimum absolute atomic E-state index is 0.00919.